The second-order valence-corrected chi connectivity index (χ2v) is 7.92. The van der Waals surface area contributed by atoms with E-state index < -0.39 is 0 Å². The van der Waals surface area contributed by atoms with E-state index in [1.807, 2.05) is 30.6 Å². The van der Waals surface area contributed by atoms with Crippen molar-refractivity contribution in [2.24, 2.45) is 7.05 Å². The van der Waals surface area contributed by atoms with Gasteiger partial charge in [0.05, 0.1) is 4.88 Å². The van der Waals surface area contributed by atoms with Crippen LogP contribution in [0.4, 0.5) is 0 Å². The summed E-state index contributed by atoms with van der Waals surface area (Å²) in [5, 5.41) is 19.4. The number of rotatable bonds is 4. The predicted octanol–water partition coefficient (Wildman–Crippen LogP) is 2.86. The summed E-state index contributed by atoms with van der Waals surface area (Å²) in [6.07, 6.45) is 1.51. The molecule has 0 saturated heterocycles. The zero-order valence-corrected chi connectivity index (χ0v) is 15.9. The van der Waals surface area contributed by atoms with E-state index in [1.165, 1.54) is 6.33 Å². The summed E-state index contributed by atoms with van der Waals surface area (Å²) < 4.78 is 9.45. The standard InChI is InChI=1S/C17H19N7OS/c1-17(2,3)11-8-13-20-21-15(12-6-5-7-26-12)24(13)22-16(11)25-9-14-18-10-19-23(14)4/h5-8,10H,9H2,1-4H3. The molecule has 134 valence electrons. The molecule has 0 unspecified atom stereocenters. The van der Waals surface area contributed by atoms with Gasteiger partial charge in [0, 0.05) is 12.6 Å². The Balaban J connectivity index is 1.79. The predicted molar refractivity (Wildman–Crippen MR) is 98.1 cm³/mol. The first-order chi connectivity index (χ1) is 12.4. The Kier molecular flexibility index (Phi) is 3.95. The lowest BCUT2D eigenvalue weighted by Crippen LogP contribution is -2.17. The van der Waals surface area contributed by atoms with Gasteiger partial charge in [0.15, 0.2) is 17.3 Å². The molecule has 0 amide bonds. The maximum atomic E-state index is 6.03. The van der Waals surface area contributed by atoms with Crippen molar-refractivity contribution in [2.75, 3.05) is 0 Å². The highest BCUT2D eigenvalue weighted by Gasteiger charge is 2.24. The van der Waals surface area contributed by atoms with E-state index in [1.54, 1.807) is 20.5 Å². The maximum absolute atomic E-state index is 6.03. The monoisotopic (exact) mass is 369 g/mol. The van der Waals surface area contributed by atoms with E-state index in [9.17, 15) is 0 Å². The molecule has 0 aromatic carbocycles. The van der Waals surface area contributed by atoms with Gasteiger partial charge in [-0.25, -0.2) is 4.98 Å². The average molecular weight is 369 g/mol. The van der Waals surface area contributed by atoms with Crippen LogP contribution in [0.25, 0.3) is 16.3 Å². The molecule has 0 aliphatic carbocycles. The average Bonchev–Trinajstić information content (AvgIpc) is 3.31. The van der Waals surface area contributed by atoms with Crippen LogP contribution in [0, 0.1) is 0 Å². The first-order valence-electron chi connectivity index (χ1n) is 8.20. The fraction of sp³-hybridized carbons (Fsp3) is 0.353. The molecule has 8 nitrogen and oxygen atoms in total. The summed E-state index contributed by atoms with van der Waals surface area (Å²) in [5.41, 5.74) is 1.51. The molecule has 26 heavy (non-hydrogen) atoms. The SMILES string of the molecule is Cn1ncnc1COc1nn2c(-c3cccs3)nnc2cc1C(C)(C)C. The van der Waals surface area contributed by atoms with Crippen molar-refractivity contribution in [1.29, 1.82) is 0 Å². The normalized spacial score (nSPS) is 12.0. The molecule has 0 fully saturated rings. The van der Waals surface area contributed by atoms with Crippen LogP contribution in [0.2, 0.25) is 0 Å². The summed E-state index contributed by atoms with van der Waals surface area (Å²) in [5.74, 6) is 1.98. The number of hydrogen-bond acceptors (Lipinski definition) is 7. The first kappa shape index (κ1) is 16.6. The third kappa shape index (κ3) is 2.94. The van der Waals surface area contributed by atoms with E-state index in [0.717, 1.165) is 16.3 Å². The molecule has 0 N–H and O–H groups in total. The van der Waals surface area contributed by atoms with Gasteiger partial charge in [-0.2, -0.15) is 9.61 Å². The van der Waals surface area contributed by atoms with Crippen LogP contribution in [0.1, 0.15) is 32.2 Å². The highest BCUT2D eigenvalue weighted by molar-refractivity contribution is 7.13. The van der Waals surface area contributed by atoms with Crippen LogP contribution in [0.3, 0.4) is 0 Å². The van der Waals surface area contributed by atoms with Crippen molar-refractivity contribution in [3.05, 3.63) is 41.3 Å². The lowest BCUT2D eigenvalue weighted by atomic mass is 9.88. The molecule has 0 aliphatic heterocycles. The largest absolute Gasteiger partial charge is 0.468 e. The summed E-state index contributed by atoms with van der Waals surface area (Å²) in [6.45, 7) is 6.64. The third-order valence-electron chi connectivity index (χ3n) is 4.05. The molecule has 0 bridgehead atoms. The molecule has 0 aliphatic rings. The Morgan fingerprint density at radius 3 is 2.73 bits per heavy atom. The lowest BCUT2D eigenvalue weighted by Gasteiger charge is -2.21. The fourth-order valence-electron chi connectivity index (χ4n) is 2.60. The van der Waals surface area contributed by atoms with Gasteiger partial charge < -0.3 is 4.74 Å². The van der Waals surface area contributed by atoms with Gasteiger partial charge in [-0.05, 0) is 22.9 Å². The van der Waals surface area contributed by atoms with Gasteiger partial charge in [0.2, 0.25) is 5.88 Å². The summed E-state index contributed by atoms with van der Waals surface area (Å²) >= 11 is 1.60. The van der Waals surface area contributed by atoms with Gasteiger partial charge in [0.1, 0.15) is 12.9 Å². The third-order valence-corrected chi connectivity index (χ3v) is 4.92. The van der Waals surface area contributed by atoms with Gasteiger partial charge in [-0.15, -0.1) is 26.6 Å². The van der Waals surface area contributed by atoms with E-state index in [0.29, 0.717) is 17.4 Å². The Morgan fingerprint density at radius 1 is 1.23 bits per heavy atom. The first-order valence-corrected chi connectivity index (χ1v) is 9.08. The minimum atomic E-state index is -0.154. The molecular formula is C17H19N7OS. The minimum Gasteiger partial charge on any atom is -0.468 e. The van der Waals surface area contributed by atoms with Gasteiger partial charge in [0.25, 0.3) is 0 Å². The van der Waals surface area contributed by atoms with Crippen LogP contribution in [-0.2, 0) is 19.1 Å². The van der Waals surface area contributed by atoms with Crippen molar-refractivity contribution in [3.63, 3.8) is 0 Å². The Labute approximate surface area is 154 Å². The number of ether oxygens (including phenoxy) is 1. The van der Waals surface area contributed by atoms with Gasteiger partial charge in [-0.1, -0.05) is 26.8 Å². The zero-order valence-electron chi connectivity index (χ0n) is 15.0. The topological polar surface area (TPSA) is 83.0 Å². The van der Waals surface area contributed by atoms with Crippen molar-refractivity contribution in [2.45, 2.75) is 32.8 Å². The molecule has 0 spiro atoms. The highest BCUT2D eigenvalue weighted by atomic mass is 32.1. The number of hydrogen-bond donors (Lipinski definition) is 0. The van der Waals surface area contributed by atoms with Crippen LogP contribution in [0.15, 0.2) is 29.9 Å². The molecule has 4 heterocycles. The van der Waals surface area contributed by atoms with Crippen molar-refractivity contribution in [3.8, 4) is 16.6 Å². The van der Waals surface area contributed by atoms with Crippen LogP contribution in [0.5, 0.6) is 5.88 Å². The van der Waals surface area contributed by atoms with Crippen molar-refractivity contribution in [1.82, 2.24) is 34.6 Å². The lowest BCUT2D eigenvalue weighted by molar-refractivity contribution is 0.266. The molecule has 0 saturated carbocycles. The van der Waals surface area contributed by atoms with E-state index in [4.69, 9.17) is 9.84 Å². The quantitative estimate of drug-likeness (QED) is 0.550. The molecule has 4 aromatic heterocycles. The Bertz CT molecular complexity index is 1040. The van der Waals surface area contributed by atoms with Crippen LogP contribution >= 0.6 is 11.3 Å². The highest BCUT2D eigenvalue weighted by Crippen LogP contribution is 2.32. The van der Waals surface area contributed by atoms with E-state index >= 15 is 0 Å². The molecule has 0 radical (unpaired) electrons. The summed E-state index contributed by atoms with van der Waals surface area (Å²) in [4.78, 5) is 5.21. The second-order valence-electron chi connectivity index (χ2n) is 6.97. The van der Waals surface area contributed by atoms with Gasteiger partial charge in [-0.3, -0.25) is 4.68 Å². The number of aromatic nitrogens is 7. The Morgan fingerprint density at radius 2 is 2.08 bits per heavy atom. The summed E-state index contributed by atoms with van der Waals surface area (Å²) in [6, 6.07) is 5.97. The molecule has 4 rings (SSSR count). The number of fused-ring (bicyclic) bond motifs is 1. The van der Waals surface area contributed by atoms with Crippen LogP contribution < -0.4 is 4.74 Å². The zero-order chi connectivity index (χ0) is 18.3. The summed E-state index contributed by atoms with van der Waals surface area (Å²) in [7, 11) is 1.83. The second kappa shape index (κ2) is 6.17. The van der Waals surface area contributed by atoms with Crippen molar-refractivity contribution < 1.29 is 4.74 Å². The van der Waals surface area contributed by atoms with Crippen molar-refractivity contribution >= 4 is 17.0 Å². The smallest absolute Gasteiger partial charge is 0.236 e. The molecule has 0 atom stereocenters. The number of nitrogens with zero attached hydrogens (tertiary/aromatic N) is 7. The molecule has 4 aromatic rings. The Hall–Kier alpha value is -2.81. The molecule has 9 heteroatoms. The number of thiophene rings is 1. The maximum Gasteiger partial charge on any atom is 0.236 e. The van der Waals surface area contributed by atoms with Crippen LogP contribution in [-0.4, -0.2) is 34.6 Å². The minimum absolute atomic E-state index is 0.154. The van der Waals surface area contributed by atoms with E-state index in [-0.39, 0.29) is 12.0 Å². The number of aryl methyl sites for hydroxylation is 1. The fourth-order valence-corrected chi connectivity index (χ4v) is 3.30. The van der Waals surface area contributed by atoms with E-state index in [2.05, 4.69) is 41.1 Å². The van der Waals surface area contributed by atoms with Gasteiger partial charge >= 0.3 is 0 Å². The molecular weight excluding hydrogens is 350 g/mol.